The lowest BCUT2D eigenvalue weighted by molar-refractivity contribution is -0.118. The van der Waals surface area contributed by atoms with Gasteiger partial charge in [-0.3, -0.25) is 4.79 Å². The van der Waals surface area contributed by atoms with Gasteiger partial charge in [0.1, 0.15) is 11.8 Å². The first-order chi connectivity index (χ1) is 16.0. The molecule has 1 atom stereocenters. The molecule has 33 heavy (non-hydrogen) atoms. The van der Waals surface area contributed by atoms with Crippen LogP contribution in [0.2, 0.25) is 0 Å². The minimum absolute atomic E-state index is 0.240. The lowest BCUT2D eigenvalue weighted by atomic mass is 10.0. The summed E-state index contributed by atoms with van der Waals surface area (Å²) in [6, 6.07) is 23.5. The van der Waals surface area contributed by atoms with E-state index in [1.807, 2.05) is 60.8 Å². The molecule has 0 aliphatic rings. The Morgan fingerprint density at radius 3 is 2.39 bits per heavy atom. The molecule has 0 aliphatic heterocycles. The summed E-state index contributed by atoms with van der Waals surface area (Å²) in [4.78, 5) is 29.2. The molecular weight excluding hydrogens is 414 g/mol. The predicted octanol–water partition coefficient (Wildman–Crippen LogP) is 5.63. The van der Waals surface area contributed by atoms with E-state index < -0.39 is 12.1 Å². The zero-order valence-electron chi connectivity index (χ0n) is 18.7. The zero-order chi connectivity index (χ0) is 23.2. The van der Waals surface area contributed by atoms with Crippen LogP contribution in [0.4, 0.5) is 10.5 Å². The predicted molar refractivity (Wildman–Crippen MR) is 131 cm³/mol. The number of para-hydroxylation sites is 3. The number of rotatable bonds is 7. The molecule has 3 N–H and O–H groups in total. The van der Waals surface area contributed by atoms with E-state index in [2.05, 4.69) is 29.5 Å². The van der Waals surface area contributed by atoms with E-state index in [9.17, 15) is 9.59 Å². The number of hydrogen-bond donors (Lipinski definition) is 3. The molecule has 0 bridgehead atoms. The number of carbonyl (C=O) groups excluding carboxylic acids is 2. The number of anilines is 1. The number of nitrogens with one attached hydrogen (secondary N) is 3. The molecule has 4 aromatic rings. The summed E-state index contributed by atoms with van der Waals surface area (Å²) in [7, 11) is 0. The van der Waals surface area contributed by atoms with Crippen LogP contribution in [0, 0.1) is 0 Å². The quantitative estimate of drug-likeness (QED) is 0.348. The Morgan fingerprint density at radius 1 is 0.909 bits per heavy atom. The topological polar surface area (TPSA) is 83.2 Å². The van der Waals surface area contributed by atoms with Gasteiger partial charge in [0, 0.05) is 29.2 Å². The SMILES string of the molecule is CC(C)c1ccccc1NC(=O)[C@@H](Cc1c[nH]c2ccccc12)NC(=O)Oc1ccccc1. The first-order valence-corrected chi connectivity index (χ1v) is 11.0. The normalized spacial score (nSPS) is 11.8. The Balaban J connectivity index is 1.57. The highest BCUT2D eigenvalue weighted by Gasteiger charge is 2.24. The average Bonchev–Trinajstić information content (AvgIpc) is 3.22. The van der Waals surface area contributed by atoms with Crippen LogP contribution in [0.15, 0.2) is 85.1 Å². The zero-order valence-corrected chi connectivity index (χ0v) is 18.7. The van der Waals surface area contributed by atoms with Crippen LogP contribution in [0.1, 0.15) is 30.9 Å². The molecule has 168 valence electrons. The first-order valence-electron chi connectivity index (χ1n) is 11.0. The van der Waals surface area contributed by atoms with Crippen molar-refractivity contribution in [3.63, 3.8) is 0 Å². The van der Waals surface area contributed by atoms with Crippen LogP contribution in [-0.2, 0) is 11.2 Å². The lowest BCUT2D eigenvalue weighted by Crippen LogP contribution is -2.46. The molecule has 6 heteroatoms. The highest BCUT2D eigenvalue weighted by Crippen LogP contribution is 2.25. The van der Waals surface area contributed by atoms with Crippen molar-refractivity contribution in [2.45, 2.75) is 32.2 Å². The summed E-state index contributed by atoms with van der Waals surface area (Å²) in [5.41, 5.74) is 3.68. The summed E-state index contributed by atoms with van der Waals surface area (Å²) in [6.45, 7) is 4.15. The Morgan fingerprint density at radius 2 is 1.61 bits per heavy atom. The van der Waals surface area contributed by atoms with Crippen LogP contribution in [0.5, 0.6) is 5.75 Å². The number of hydrogen-bond acceptors (Lipinski definition) is 3. The van der Waals surface area contributed by atoms with E-state index in [1.165, 1.54) is 0 Å². The molecule has 1 heterocycles. The maximum absolute atomic E-state index is 13.3. The third-order valence-electron chi connectivity index (χ3n) is 5.50. The van der Waals surface area contributed by atoms with Gasteiger partial charge in [0.25, 0.3) is 0 Å². The molecular formula is C27H27N3O3. The molecule has 3 aromatic carbocycles. The molecule has 6 nitrogen and oxygen atoms in total. The minimum Gasteiger partial charge on any atom is -0.410 e. The maximum Gasteiger partial charge on any atom is 0.413 e. The molecule has 0 saturated carbocycles. The number of aromatic amines is 1. The van der Waals surface area contributed by atoms with Crippen LogP contribution in [0.3, 0.4) is 0 Å². The molecule has 0 unspecified atom stereocenters. The van der Waals surface area contributed by atoms with Crippen LogP contribution in [-0.4, -0.2) is 23.0 Å². The second-order valence-corrected chi connectivity index (χ2v) is 8.19. The van der Waals surface area contributed by atoms with Crippen molar-refractivity contribution in [3.8, 4) is 5.75 Å². The van der Waals surface area contributed by atoms with Gasteiger partial charge in [0.2, 0.25) is 5.91 Å². The maximum atomic E-state index is 13.3. The summed E-state index contributed by atoms with van der Waals surface area (Å²) in [6.07, 6.45) is 1.50. The first kappa shape index (κ1) is 22.1. The third kappa shape index (κ3) is 5.41. The van der Waals surface area contributed by atoms with Crippen molar-refractivity contribution in [1.82, 2.24) is 10.3 Å². The van der Waals surface area contributed by atoms with Gasteiger partial charge in [-0.05, 0) is 41.3 Å². The Kier molecular flexibility index (Phi) is 6.74. The van der Waals surface area contributed by atoms with Crippen LogP contribution < -0.4 is 15.4 Å². The van der Waals surface area contributed by atoms with Gasteiger partial charge in [-0.1, -0.05) is 68.4 Å². The fourth-order valence-electron chi connectivity index (χ4n) is 3.83. The Labute approximate surface area is 193 Å². The molecule has 0 aliphatic carbocycles. The molecule has 2 amide bonds. The fourth-order valence-corrected chi connectivity index (χ4v) is 3.83. The van der Waals surface area contributed by atoms with Gasteiger partial charge in [0.05, 0.1) is 0 Å². The van der Waals surface area contributed by atoms with Gasteiger partial charge in [0.15, 0.2) is 0 Å². The second kappa shape index (κ2) is 10.0. The van der Waals surface area contributed by atoms with Crippen molar-refractivity contribution in [3.05, 3.63) is 96.2 Å². The summed E-state index contributed by atoms with van der Waals surface area (Å²) >= 11 is 0. The van der Waals surface area contributed by atoms with E-state index in [0.29, 0.717) is 12.2 Å². The average molecular weight is 442 g/mol. The molecule has 0 fully saturated rings. The van der Waals surface area contributed by atoms with Gasteiger partial charge in [-0.15, -0.1) is 0 Å². The van der Waals surface area contributed by atoms with Gasteiger partial charge in [-0.2, -0.15) is 0 Å². The van der Waals surface area contributed by atoms with Gasteiger partial charge >= 0.3 is 6.09 Å². The fraction of sp³-hybridized carbons (Fsp3) is 0.185. The molecule has 0 saturated heterocycles. The number of amides is 2. The molecule has 0 spiro atoms. The summed E-state index contributed by atoms with van der Waals surface area (Å²) in [5, 5.41) is 6.76. The highest BCUT2D eigenvalue weighted by atomic mass is 16.6. The van der Waals surface area contributed by atoms with E-state index >= 15 is 0 Å². The Hall–Kier alpha value is -4.06. The number of carbonyl (C=O) groups is 2. The molecule has 4 rings (SSSR count). The van der Waals surface area contributed by atoms with Gasteiger partial charge in [-0.25, -0.2) is 4.79 Å². The number of H-pyrrole nitrogens is 1. The number of fused-ring (bicyclic) bond motifs is 1. The van der Waals surface area contributed by atoms with Crippen LogP contribution in [0.25, 0.3) is 10.9 Å². The smallest absolute Gasteiger partial charge is 0.410 e. The number of ether oxygens (including phenoxy) is 1. The summed E-state index contributed by atoms with van der Waals surface area (Å²) < 4.78 is 5.38. The van der Waals surface area contributed by atoms with Crippen molar-refractivity contribution in [1.29, 1.82) is 0 Å². The van der Waals surface area contributed by atoms with Gasteiger partial charge < -0.3 is 20.4 Å². The van der Waals surface area contributed by atoms with E-state index in [0.717, 1.165) is 27.7 Å². The second-order valence-electron chi connectivity index (χ2n) is 8.19. The standard InChI is InChI=1S/C27H27N3O3/c1-18(2)21-12-6-9-15-24(21)29-26(31)25(30-27(32)33-20-10-4-3-5-11-20)16-19-17-28-23-14-8-7-13-22(19)23/h3-15,17-18,25,28H,16H2,1-2H3,(H,29,31)(H,30,32)/t25-/m1/s1. The number of benzene rings is 3. The van der Waals surface area contributed by atoms with Crippen molar-refractivity contribution >= 4 is 28.6 Å². The number of aromatic nitrogens is 1. The van der Waals surface area contributed by atoms with E-state index in [4.69, 9.17) is 4.74 Å². The van der Waals surface area contributed by atoms with E-state index in [1.54, 1.807) is 24.3 Å². The summed E-state index contributed by atoms with van der Waals surface area (Å²) in [5.74, 6) is 0.342. The lowest BCUT2D eigenvalue weighted by Gasteiger charge is -2.20. The third-order valence-corrected chi connectivity index (χ3v) is 5.50. The minimum atomic E-state index is -0.833. The van der Waals surface area contributed by atoms with Crippen LogP contribution >= 0.6 is 0 Å². The van der Waals surface area contributed by atoms with Crippen molar-refractivity contribution < 1.29 is 14.3 Å². The Bertz CT molecular complexity index is 1250. The van der Waals surface area contributed by atoms with Crippen molar-refractivity contribution in [2.24, 2.45) is 0 Å². The van der Waals surface area contributed by atoms with E-state index in [-0.39, 0.29) is 11.8 Å². The molecule has 1 aromatic heterocycles. The monoisotopic (exact) mass is 441 g/mol. The molecule has 0 radical (unpaired) electrons. The largest absolute Gasteiger partial charge is 0.413 e. The van der Waals surface area contributed by atoms with Crippen molar-refractivity contribution in [2.75, 3.05) is 5.32 Å². The highest BCUT2D eigenvalue weighted by molar-refractivity contribution is 5.98.